The number of phenolic OH excluding ortho intramolecular Hbond substituents is 2. The van der Waals surface area contributed by atoms with Crippen LogP contribution in [0.25, 0.3) is 0 Å². The Morgan fingerprint density at radius 1 is 1.21 bits per heavy atom. The lowest BCUT2D eigenvalue weighted by molar-refractivity contribution is -0.0509. The van der Waals surface area contributed by atoms with Gasteiger partial charge in [0.15, 0.2) is 0 Å². The molecule has 1 aromatic carbocycles. The number of nitrogens with one attached hydrogen (secondary N) is 1. The molecule has 1 amide bonds. The van der Waals surface area contributed by atoms with Gasteiger partial charge in [-0.15, -0.1) is 0 Å². The third-order valence-corrected chi connectivity index (χ3v) is 5.47. The van der Waals surface area contributed by atoms with E-state index in [1.165, 1.54) is 11.6 Å². The van der Waals surface area contributed by atoms with Gasteiger partial charge in [-0.05, 0) is 65.9 Å². The van der Waals surface area contributed by atoms with E-state index in [0.29, 0.717) is 29.5 Å². The SMILES string of the molecule is C/C(=C\Cc1c(O)cc2c(c1O)CNC2=O)CC/C=C(\C)CC[C@@H](O)C(C)(C)O. The zero-order valence-electron chi connectivity index (χ0n) is 17.7. The van der Waals surface area contributed by atoms with Crippen molar-refractivity contribution < 1.29 is 25.2 Å². The summed E-state index contributed by atoms with van der Waals surface area (Å²) in [5.74, 6) is -0.354. The summed E-state index contributed by atoms with van der Waals surface area (Å²) in [5, 5.41) is 42.9. The molecule has 0 aromatic heterocycles. The van der Waals surface area contributed by atoms with Crippen molar-refractivity contribution in [3.05, 3.63) is 46.1 Å². The summed E-state index contributed by atoms with van der Waals surface area (Å²) < 4.78 is 0. The van der Waals surface area contributed by atoms with E-state index in [1.807, 2.05) is 19.9 Å². The van der Waals surface area contributed by atoms with Gasteiger partial charge >= 0.3 is 0 Å². The third-order valence-electron chi connectivity index (χ3n) is 5.47. The molecule has 2 rings (SSSR count). The van der Waals surface area contributed by atoms with Gasteiger partial charge in [0.1, 0.15) is 11.5 Å². The highest BCUT2D eigenvalue weighted by Gasteiger charge is 2.26. The first-order valence-electron chi connectivity index (χ1n) is 10.1. The molecule has 1 atom stereocenters. The molecular formula is C23H33NO5. The van der Waals surface area contributed by atoms with Gasteiger partial charge in [0.25, 0.3) is 5.91 Å². The number of carbonyl (C=O) groups excluding carboxylic acids is 1. The zero-order valence-corrected chi connectivity index (χ0v) is 17.7. The van der Waals surface area contributed by atoms with Crippen molar-refractivity contribution in [1.29, 1.82) is 0 Å². The van der Waals surface area contributed by atoms with E-state index in [1.54, 1.807) is 13.8 Å². The smallest absolute Gasteiger partial charge is 0.252 e. The van der Waals surface area contributed by atoms with Crippen LogP contribution < -0.4 is 5.32 Å². The fourth-order valence-electron chi connectivity index (χ4n) is 3.33. The molecule has 0 radical (unpaired) electrons. The van der Waals surface area contributed by atoms with E-state index in [9.17, 15) is 25.2 Å². The summed E-state index contributed by atoms with van der Waals surface area (Å²) in [6, 6.07) is 1.42. The summed E-state index contributed by atoms with van der Waals surface area (Å²) in [6.07, 6.45) is 6.72. The molecule has 0 saturated carbocycles. The average molecular weight is 404 g/mol. The number of aliphatic hydroxyl groups is 2. The Bertz CT molecular complexity index is 818. The fourth-order valence-corrected chi connectivity index (χ4v) is 3.33. The Morgan fingerprint density at radius 2 is 1.86 bits per heavy atom. The molecule has 1 aliphatic heterocycles. The summed E-state index contributed by atoms with van der Waals surface area (Å²) in [6.45, 7) is 7.52. The molecule has 29 heavy (non-hydrogen) atoms. The van der Waals surface area contributed by atoms with Gasteiger partial charge < -0.3 is 25.7 Å². The van der Waals surface area contributed by atoms with Crippen molar-refractivity contribution in [2.75, 3.05) is 0 Å². The maximum absolute atomic E-state index is 11.7. The van der Waals surface area contributed by atoms with Gasteiger partial charge in [0.2, 0.25) is 0 Å². The number of hydrogen-bond acceptors (Lipinski definition) is 5. The summed E-state index contributed by atoms with van der Waals surface area (Å²) >= 11 is 0. The van der Waals surface area contributed by atoms with Crippen LogP contribution in [0, 0.1) is 0 Å². The number of hydrogen-bond donors (Lipinski definition) is 5. The Kier molecular flexibility index (Phi) is 7.49. The summed E-state index contributed by atoms with van der Waals surface area (Å²) in [4.78, 5) is 11.7. The predicted molar refractivity (Wildman–Crippen MR) is 113 cm³/mol. The van der Waals surface area contributed by atoms with Gasteiger partial charge in [-0.3, -0.25) is 4.79 Å². The van der Waals surface area contributed by atoms with E-state index in [4.69, 9.17) is 0 Å². The average Bonchev–Trinajstić information content (AvgIpc) is 2.99. The maximum Gasteiger partial charge on any atom is 0.252 e. The molecule has 0 fully saturated rings. The lowest BCUT2D eigenvalue weighted by Crippen LogP contribution is -2.35. The van der Waals surface area contributed by atoms with E-state index >= 15 is 0 Å². The highest BCUT2D eigenvalue weighted by atomic mass is 16.3. The molecule has 0 spiro atoms. The molecule has 6 heteroatoms. The normalized spacial score (nSPS) is 16.0. The fraction of sp³-hybridized carbons (Fsp3) is 0.522. The number of allylic oxidation sites excluding steroid dienone is 4. The first-order chi connectivity index (χ1) is 13.5. The Labute approximate surface area is 172 Å². The van der Waals surface area contributed by atoms with Gasteiger partial charge in [-0.25, -0.2) is 0 Å². The molecular weight excluding hydrogens is 370 g/mol. The molecule has 6 nitrogen and oxygen atoms in total. The molecule has 5 N–H and O–H groups in total. The number of rotatable bonds is 9. The largest absolute Gasteiger partial charge is 0.507 e. The Morgan fingerprint density at radius 3 is 2.52 bits per heavy atom. The van der Waals surface area contributed by atoms with E-state index in [-0.39, 0.29) is 24.0 Å². The van der Waals surface area contributed by atoms with Crippen LogP contribution in [0.2, 0.25) is 0 Å². The lowest BCUT2D eigenvalue weighted by Gasteiger charge is -2.24. The van der Waals surface area contributed by atoms with E-state index < -0.39 is 11.7 Å². The second kappa shape index (κ2) is 9.46. The van der Waals surface area contributed by atoms with Crippen molar-refractivity contribution in [2.24, 2.45) is 0 Å². The van der Waals surface area contributed by atoms with Crippen molar-refractivity contribution in [3.8, 4) is 11.5 Å². The topological polar surface area (TPSA) is 110 Å². The van der Waals surface area contributed by atoms with Crippen LogP contribution in [0.3, 0.4) is 0 Å². The number of aliphatic hydroxyl groups excluding tert-OH is 1. The van der Waals surface area contributed by atoms with Crippen LogP contribution in [-0.2, 0) is 13.0 Å². The molecule has 0 saturated heterocycles. The van der Waals surface area contributed by atoms with Crippen LogP contribution in [0.1, 0.15) is 74.9 Å². The first kappa shape index (κ1) is 23.0. The minimum atomic E-state index is -1.09. The number of phenols is 2. The van der Waals surface area contributed by atoms with Crippen LogP contribution in [0.5, 0.6) is 11.5 Å². The number of fused-ring (bicyclic) bond motifs is 1. The zero-order chi connectivity index (χ0) is 21.8. The van der Waals surface area contributed by atoms with Crippen molar-refractivity contribution in [2.45, 2.75) is 78.0 Å². The lowest BCUT2D eigenvalue weighted by atomic mass is 9.95. The highest BCUT2D eigenvalue weighted by molar-refractivity contribution is 5.99. The number of carbonyl (C=O) groups is 1. The summed E-state index contributed by atoms with van der Waals surface area (Å²) in [5.41, 5.74) is 2.54. The van der Waals surface area contributed by atoms with Crippen molar-refractivity contribution in [3.63, 3.8) is 0 Å². The van der Waals surface area contributed by atoms with Gasteiger partial charge in [0.05, 0.1) is 17.3 Å². The molecule has 1 aliphatic rings. The van der Waals surface area contributed by atoms with Crippen molar-refractivity contribution >= 4 is 5.91 Å². The maximum atomic E-state index is 11.7. The first-order valence-corrected chi connectivity index (χ1v) is 10.1. The quantitative estimate of drug-likeness (QED) is 0.406. The third kappa shape index (κ3) is 6.08. The predicted octanol–water partition coefficient (Wildman–Crippen LogP) is 3.47. The number of aromatic hydroxyl groups is 2. The second-order valence-corrected chi connectivity index (χ2v) is 8.48. The van der Waals surface area contributed by atoms with E-state index in [2.05, 4.69) is 11.4 Å². The molecule has 1 aromatic rings. The Balaban J connectivity index is 1.89. The van der Waals surface area contributed by atoms with Gasteiger partial charge in [-0.2, -0.15) is 0 Å². The molecule has 0 bridgehead atoms. The molecule has 0 unspecified atom stereocenters. The van der Waals surface area contributed by atoms with Crippen LogP contribution in [0.4, 0.5) is 0 Å². The number of amides is 1. The standard InChI is InChI=1S/C23H33NO5/c1-14(6-5-7-15(2)9-11-20(26)23(3,4)29)8-10-16-19(25)12-17-18(21(16)27)13-24-22(17)28/h7-8,12,20,25-27,29H,5-6,9-11,13H2,1-4H3,(H,24,28)/b14-8+,15-7+/t20-/m1/s1. The second-order valence-electron chi connectivity index (χ2n) is 8.48. The van der Waals surface area contributed by atoms with Gasteiger partial charge in [-0.1, -0.05) is 23.3 Å². The molecule has 0 aliphatic carbocycles. The Hall–Kier alpha value is -2.31. The van der Waals surface area contributed by atoms with E-state index in [0.717, 1.165) is 24.8 Å². The van der Waals surface area contributed by atoms with Crippen molar-refractivity contribution in [1.82, 2.24) is 5.32 Å². The number of benzene rings is 1. The van der Waals surface area contributed by atoms with Crippen LogP contribution >= 0.6 is 0 Å². The highest BCUT2D eigenvalue weighted by Crippen LogP contribution is 2.36. The molecule has 1 heterocycles. The summed E-state index contributed by atoms with van der Waals surface area (Å²) in [7, 11) is 0. The molecule has 160 valence electrons. The van der Waals surface area contributed by atoms with Gasteiger partial charge in [0, 0.05) is 17.7 Å². The minimum absolute atomic E-state index is 0.0106. The van der Waals surface area contributed by atoms with Crippen LogP contribution in [-0.4, -0.2) is 38.0 Å². The minimum Gasteiger partial charge on any atom is -0.507 e. The van der Waals surface area contributed by atoms with Crippen LogP contribution in [0.15, 0.2) is 29.4 Å². The monoisotopic (exact) mass is 403 g/mol.